The molecule has 1 amide bonds. The maximum absolute atomic E-state index is 12.2. The van der Waals surface area contributed by atoms with Crippen molar-refractivity contribution in [2.75, 3.05) is 6.54 Å². The Labute approximate surface area is 126 Å². The van der Waals surface area contributed by atoms with E-state index in [9.17, 15) is 4.79 Å². The second-order valence-electron chi connectivity index (χ2n) is 5.55. The van der Waals surface area contributed by atoms with Gasteiger partial charge in [-0.15, -0.1) is 0 Å². The Kier molecular flexibility index (Phi) is 5.77. The molecule has 0 aromatic carbocycles. The summed E-state index contributed by atoms with van der Waals surface area (Å²) in [6.45, 7) is 2.54. The molecule has 0 aliphatic heterocycles. The third-order valence-electron chi connectivity index (χ3n) is 4.03. The second kappa shape index (κ2) is 7.80. The summed E-state index contributed by atoms with van der Waals surface area (Å²) in [5.41, 5.74) is 6.55. The molecule has 2 rings (SSSR count). The molecule has 1 saturated carbocycles. The van der Waals surface area contributed by atoms with Gasteiger partial charge in [0.1, 0.15) is 5.69 Å². The molecule has 0 radical (unpaired) electrons. The van der Waals surface area contributed by atoms with E-state index in [4.69, 9.17) is 5.73 Å². The highest BCUT2D eigenvalue weighted by Gasteiger charge is 2.22. The van der Waals surface area contributed by atoms with E-state index in [-0.39, 0.29) is 11.9 Å². The Bertz CT molecular complexity index is 527. The predicted octanol–water partition coefficient (Wildman–Crippen LogP) is 2.09. The summed E-state index contributed by atoms with van der Waals surface area (Å²) in [4.78, 5) is 16.4. The molecule has 2 unspecified atom stereocenters. The van der Waals surface area contributed by atoms with E-state index in [0.717, 1.165) is 24.3 Å². The summed E-state index contributed by atoms with van der Waals surface area (Å²) in [6, 6.07) is 3.81. The number of amides is 1. The second-order valence-corrected chi connectivity index (χ2v) is 5.55. The van der Waals surface area contributed by atoms with Crippen molar-refractivity contribution in [2.45, 2.75) is 45.1 Å². The minimum Gasteiger partial charge on any atom is -0.348 e. The lowest BCUT2D eigenvalue weighted by atomic mass is 9.84. The van der Waals surface area contributed by atoms with E-state index >= 15 is 0 Å². The molecule has 1 aliphatic rings. The van der Waals surface area contributed by atoms with Crippen molar-refractivity contribution in [1.82, 2.24) is 10.3 Å². The minimum atomic E-state index is -0.0879. The number of carbonyl (C=O) groups is 1. The van der Waals surface area contributed by atoms with Crippen LogP contribution in [0.1, 0.15) is 55.1 Å². The van der Waals surface area contributed by atoms with Crippen LogP contribution >= 0.6 is 0 Å². The Morgan fingerprint density at radius 2 is 2.33 bits per heavy atom. The Balaban J connectivity index is 1.93. The molecule has 1 fully saturated rings. The first-order chi connectivity index (χ1) is 10.2. The maximum Gasteiger partial charge on any atom is 0.270 e. The number of carbonyl (C=O) groups excluding carboxylic acids is 1. The monoisotopic (exact) mass is 285 g/mol. The van der Waals surface area contributed by atoms with Crippen LogP contribution in [0.25, 0.3) is 0 Å². The van der Waals surface area contributed by atoms with E-state index in [1.54, 1.807) is 18.3 Å². The van der Waals surface area contributed by atoms with Gasteiger partial charge in [-0.2, -0.15) is 0 Å². The lowest BCUT2D eigenvalue weighted by Crippen LogP contribution is -2.38. The summed E-state index contributed by atoms with van der Waals surface area (Å²) >= 11 is 0. The first-order valence-electron chi connectivity index (χ1n) is 7.68. The first kappa shape index (κ1) is 15.5. The lowest BCUT2D eigenvalue weighted by Gasteiger charge is -2.28. The third kappa shape index (κ3) is 4.57. The van der Waals surface area contributed by atoms with Crippen molar-refractivity contribution in [2.24, 2.45) is 11.7 Å². The van der Waals surface area contributed by atoms with Gasteiger partial charge in [0.2, 0.25) is 0 Å². The zero-order chi connectivity index (χ0) is 15.1. The van der Waals surface area contributed by atoms with Crippen LogP contribution in [0.2, 0.25) is 0 Å². The Morgan fingerprint density at radius 3 is 3.00 bits per heavy atom. The van der Waals surface area contributed by atoms with Gasteiger partial charge in [0.15, 0.2) is 0 Å². The molecule has 1 aromatic rings. The van der Waals surface area contributed by atoms with Gasteiger partial charge in [-0.05, 0) is 30.9 Å². The van der Waals surface area contributed by atoms with Gasteiger partial charge in [-0.25, -0.2) is 4.98 Å². The van der Waals surface area contributed by atoms with Crippen LogP contribution in [0.3, 0.4) is 0 Å². The van der Waals surface area contributed by atoms with Gasteiger partial charge in [0.25, 0.3) is 5.91 Å². The zero-order valence-electron chi connectivity index (χ0n) is 12.6. The molecule has 21 heavy (non-hydrogen) atoms. The normalized spacial score (nSPS) is 21.2. The van der Waals surface area contributed by atoms with Gasteiger partial charge in [0.05, 0.1) is 6.54 Å². The SMILES string of the molecule is CCC1CCCC(NC(=O)c2ccc(C#CCN)cn2)C1. The van der Waals surface area contributed by atoms with Gasteiger partial charge in [-0.1, -0.05) is 38.0 Å². The molecule has 4 heteroatoms. The van der Waals surface area contributed by atoms with Crippen LogP contribution in [-0.2, 0) is 0 Å². The van der Waals surface area contributed by atoms with Crippen LogP contribution in [-0.4, -0.2) is 23.5 Å². The lowest BCUT2D eigenvalue weighted by molar-refractivity contribution is 0.0914. The average Bonchev–Trinajstić information content (AvgIpc) is 2.53. The number of nitrogens with one attached hydrogen (secondary N) is 1. The number of pyridine rings is 1. The van der Waals surface area contributed by atoms with Gasteiger partial charge >= 0.3 is 0 Å². The molecule has 2 atom stereocenters. The molecule has 0 bridgehead atoms. The zero-order valence-corrected chi connectivity index (χ0v) is 12.6. The molecule has 0 spiro atoms. The minimum absolute atomic E-state index is 0.0879. The van der Waals surface area contributed by atoms with Gasteiger partial charge in [0, 0.05) is 17.8 Å². The number of hydrogen-bond donors (Lipinski definition) is 2. The van der Waals surface area contributed by atoms with E-state index in [2.05, 4.69) is 29.1 Å². The van der Waals surface area contributed by atoms with Crippen molar-refractivity contribution in [3.8, 4) is 11.8 Å². The summed E-state index contributed by atoms with van der Waals surface area (Å²) < 4.78 is 0. The summed E-state index contributed by atoms with van der Waals surface area (Å²) in [6.07, 6.45) is 7.46. The number of hydrogen-bond acceptors (Lipinski definition) is 3. The fourth-order valence-corrected chi connectivity index (χ4v) is 2.81. The van der Waals surface area contributed by atoms with E-state index in [1.165, 1.54) is 19.3 Å². The molecule has 112 valence electrons. The largest absolute Gasteiger partial charge is 0.348 e. The summed E-state index contributed by atoms with van der Waals surface area (Å²) in [5.74, 6) is 6.32. The van der Waals surface area contributed by atoms with Crippen molar-refractivity contribution in [3.63, 3.8) is 0 Å². The van der Waals surface area contributed by atoms with Crippen molar-refractivity contribution < 1.29 is 4.79 Å². The highest BCUT2D eigenvalue weighted by molar-refractivity contribution is 5.92. The van der Waals surface area contributed by atoms with E-state index in [1.807, 2.05) is 0 Å². The van der Waals surface area contributed by atoms with Gasteiger partial charge in [-0.3, -0.25) is 4.79 Å². The highest BCUT2D eigenvalue weighted by atomic mass is 16.1. The van der Waals surface area contributed by atoms with Crippen molar-refractivity contribution in [3.05, 3.63) is 29.6 Å². The quantitative estimate of drug-likeness (QED) is 0.836. The molecule has 3 N–H and O–H groups in total. The molecule has 4 nitrogen and oxygen atoms in total. The molecule has 1 aromatic heterocycles. The van der Waals surface area contributed by atoms with Crippen molar-refractivity contribution >= 4 is 5.91 Å². The Morgan fingerprint density at radius 1 is 1.48 bits per heavy atom. The third-order valence-corrected chi connectivity index (χ3v) is 4.03. The molecular weight excluding hydrogens is 262 g/mol. The molecule has 1 aliphatic carbocycles. The maximum atomic E-state index is 12.2. The number of aromatic nitrogens is 1. The average molecular weight is 285 g/mol. The smallest absolute Gasteiger partial charge is 0.270 e. The number of nitrogens with zero attached hydrogens (tertiary/aromatic N) is 1. The van der Waals surface area contributed by atoms with Crippen LogP contribution in [0.4, 0.5) is 0 Å². The summed E-state index contributed by atoms with van der Waals surface area (Å²) in [7, 11) is 0. The highest BCUT2D eigenvalue weighted by Crippen LogP contribution is 2.26. The molecule has 1 heterocycles. The fraction of sp³-hybridized carbons (Fsp3) is 0.529. The van der Waals surface area contributed by atoms with Crippen LogP contribution in [0, 0.1) is 17.8 Å². The number of nitrogens with two attached hydrogens (primary N) is 1. The topological polar surface area (TPSA) is 68.0 Å². The molecular formula is C17H23N3O. The summed E-state index contributed by atoms with van der Waals surface area (Å²) in [5, 5.41) is 3.10. The van der Waals surface area contributed by atoms with Gasteiger partial charge < -0.3 is 11.1 Å². The number of rotatable bonds is 3. The van der Waals surface area contributed by atoms with Crippen LogP contribution in [0.5, 0.6) is 0 Å². The van der Waals surface area contributed by atoms with E-state index < -0.39 is 0 Å². The molecule has 0 saturated heterocycles. The van der Waals surface area contributed by atoms with Crippen molar-refractivity contribution in [1.29, 1.82) is 0 Å². The van der Waals surface area contributed by atoms with E-state index in [0.29, 0.717) is 12.2 Å². The Hall–Kier alpha value is -1.86. The fourth-order valence-electron chi connectivity index (χ4n) is 2.81. The standard InChI is InChI=1S/C17H23N3O/c1-2-13-5-3-7-15(11-13)20-17(21)16-9-8-14(12-19-16)6-4-10-18/h8-9,12-13,15H,2-3,5,7,10-11,18H2,1H3,(H,20,21). The first-order valence-corrected chi connectivity index (χ1v) is 7.68. The van der Waals surface area contributed by atoms with Crippen LogP contribution < -0.4 is 11.1 Å². The predicted molar refractivity (Wildman–Crippen MR) is 83.7 cm³/mol. The van der Waals surface area contributed by atoms with Crippen LogP contribution in [0.15, 0.2) is 18.3 Å².